The molecule has 1 aliphatic rings. The normalized spacial score (nSPS) is 20.1. The third-order valence-corrected chi connectivity index (χ3v) is 4.75. The predicted molar refractivity (Wildman–Crippen MR) is 109 cm³/mol. The Morgan fingerprint density at radius 2 is 2.15 bits per heavy atom. The van der Waals surface area contributed by atoms with Gasteiger partial charge >= 0.3 is 0 Å². The summed E-state index contributed by atoms with van der Waals surface area (Å²) in [4.78, 5) is 4.73. The third kappa shape index (κ3) is 7.03. The summed E-state index contributed by atoms with van der Waals surface area (Å²) in [7, 11) is 0. The molecule has 1 fully saturated rings. The van der Waals surface area contributed by atoms with Crippen molar-refractivity contribution in [3.05, 3.63) is 29.8 Å². The molecule has 1 aromatic rings. The van der Waals surface area contributed by atoms with Crippen LogP contribution in [0.15, 0.2) is 29.3 Å². The van der Waals surface area contributed by atoms with E-state index in [0.29, 0.717) is 25.7 Å². The van der Waals surface area contributed by atoms with E-state index in [-0.39, 0.29) is 12.0 Å². The number of nitrogens with zero attached hydrogens (tertiary/aromatic N) is 1. The quantitative estimate of drug-likeness (QED) is 0.432. The highest BCUT2D eigenvalue weighted by molar-refractivity contribution is 5.79. The average Bonchev–Trinajstić information content (AvgIpc) is 3.12. The number of ether oxygens (including phenoxy) is 2. The lowest BCUT2D eigenvalue weighted by molar-refractivity contribution is 0.127. The van der Waals surface area contributed by atoms with Gasteiger partial charge in [0.05, 0.1) is 19.8 Å². The van der Waals surface area contributed by atoms with E-state index in [4.69, 9.17) is 14.5 Å². The Balaban J connectivity index is 2.00. The number of hydrogen-bond acceptors (Lipinski definition) is 4. The smallest absolute Gasteiger partial charge is 0.191 e. The summed E-state index contributed by atoms with van der Waals surface area (Å²) in [5.74, 6) is 2.16. The number of guanidine groups is 1. The second kappa shape index (κ2) is 11.1. The Labute approximate surface area is 163 Å². The summed E-state index contributed by atoms with van der Waals surface area (Å²) in [6.07, 6.45) is 1.71. The van der Waals surface area contributed by atoms with Crippen LogP contribution in [0.25, 0.3) is 0 Å². The SMILES string of the molecule is CCNC(=NCc1ccccc1OCC(C)C)NCC1(CCO)CCOC1. The van der Waals surface area contributed by atoms with Crippen LogP contribution in [0.4, 0.5) is 0 Å². The Morgan fingerprint density at radius 3 is 2.81 bits per heavy atom. The minimum Gasteiger partial charge on any atom is -0.493 e. The monoisotopic (exact) mass is 377 g/mol. The van der Waals surface area contributed by atoms with Crippen molar-refractivity contribution in [2.24, 2.45) is 16.3 Å². The molecule has 0 saturated carbocycles. The summed E-state index contributed by atoms with van der Waals surface area (Å²) >= 11 is 0. The largest absolute Gasteiger partial charge is 0.493 e. The van der Waals surface area contributed by atoms with Gasteiger partial charge in [-0.1, -0.05) is 32.0 Å². The first-order valence-electron chi connectivity index (χ1n) is 10.00. The van der Waals surface area contributed by atoms with Crippen LogP contribution in [0.5, 0.6) is 5.75 Å². The number of benzene rings is 1. The van der Waals surface area contributed by atoms with Gasteiger partial charge in [-0.25, -0.2) is 4.99 Å². The Bertz CT molecular complexity index is 584. The average molecular weight is 378 g/mol. The molecule has 2 rings (SSSR count). The molecule has 1 unspecified atom stereocenters. The summed E-state index contributed by atoms with van der Waals surface area (Å²) in [6.45, 7) is 10.7. The lowest BCUT2D eigenvalue weighted by Gasteiger charge is -2.27. The predicted octanol–water partition coefficient (Wildman–Crippen LogP) is 2.57. The highest BCUT2D eigenvalue weighted by Gasteiger charge is 2.34. The topological polar surface area (TPSA) is 75.1 Å². The van der Waals surface area contributed by atoms with Crippen molar-refractivity contribution in [2.75, 3.05) is 39.5 Å². The molecule has 3 N–H and O–H groups in total. The van der Waals surface area contributed by atoms with Crippen molar-refractivity contribution in [1.82, 2.24) is 10.6 Å². The van der Waals surface area contributed by atoms with Gasteiger partial charge < -0.3 is 25.2 Å². The lowest BCUT2D eigenvalue weighted by atomic mass is 9.84. The fourth-order valence-electron chi connectivity index (χ4n) is 3.12. The second-order valence-corrected chi connectivity index (χ2v) is 7.64. The van der Waals surface area contributed by atoms with Gasteiger partial charge in [0.15, 0.2) is 5.96 Å². The number of para-hydroxylation sites is 1. The van der Waals surface area contributed by atoms with E-state index in [1.807, 2.05) is 18.2 Å². The van der Waals surface area contributed by atoms with E-state index < -0.39 is 0 Å². The van der Waals surface area contributed by atoms with Crippen molar-refractivity contribution in [2.45, 2.75) is 40.2 Å². The van der Waals surface area contributed by atoms with Gasteiger partial charge in [-0.2, -0.15) is 0 Å². The van der Waals surface area contributed by atoms with Crippen LogP contribution in [0.3, 0.4) is 0 Å². The Kier molecular flexibility index (Phi) is 8.88. The molecule has 6 nitrogen and oxygen atoms in total. The van der Waals surface area contributed by atoms with E-state index in [0.717, 1.165) is 49.8 Å². The number of aliphatic hydroxyl groups excluding tert-OH is 1. The van der Waals surface area contributed by atoms with Crippen LogP contribution < -0.4 is 15.4 Å². The van der Waals surface area contributed by atoms with Crippen LogP contribution in [0, 0.1) is 11.3 Å². The summed E-state index contributed by atoms with van der Waals surface area (Å²) < 4.78 is 11.5. The zero-order chi connectivity index (χ0) is 19.5. The number of aliphatic hydroxyl groups is 1. The first-order valence-corrected chi connectivity index (χ1v) is 10.00. The number of rotatable bonds is 10. The highest BCUT2D eigenvalue weighted by atomic mass is 16.5. The maximum Gasteiger partial charge on any atom is 0.191 e. The van der Waals surface area contributed by atoms with Gasteiger partial charge in [0.2, 0.25) is 0 Å². The molecular weight excluding hydrogens is 342 g/mol. The van der Waals surface area contributed by atoms with Crippen LogP contribution in [0.2, 0.25) is 0 Å². The van der Waals surface area contributed by atoms with E-state index in [1.54, 1.807) is 0 Å². The van der Waals surface area contributed by atoms with Gasteiger partial charge in [-0.3, -0.25) is 0 Å². The molecule has 0 amide bonds. The van der Waals surface area contributed by atoms with E-state index in [1.165, 1.54) is 0 Å². The highest BCUT2D eigenvalue weighted by Crippen LogP contribution is 2.31. The zero-order valence-electron chi connectivity index (χ0n) is 17.0. The van der Waals surface area contributed by atoms with Gasteiger partial charge in [-0.05, 0) is 31.7 Å². The number of nitrogens with one attached hydrogen (secondary N) is 2. The van der Waals surface area contributed by atoms with Crippen LogP contribution in [-0.2, 0) is 11.3 Å². The molecule has 6 heteroatoms. The molecule has 1 aromatic carbocycles. The molecule has 1 aliphatic heterocycles. The summed E-state index contributed by atoms with van der Waals surface area (Å²) in [5, 5.41) is 16.1. The Morgan fingerprint density at radius 1 is 1.33 bits per heavy atom. The van der Waals surface area contributed by atoms with E-state index in [9.17, 15) is 5.11 Å². The van der Waals surface area contributed by atoms with E-state index >= 15 is 0 Å². The molecule has 0 spiro atoms. The van der Waals surface area contributed by atoms with E-state index in [2.05, 4.69) is 37.5 Å². The van der Waals surface area contributed by atoms with Crippen molar-refractivity contribution < 1.29 is 14.6 Å². The summed E-state index contributed by atoms with van der Waals surface area (Å²) in [5.41, 5.74) is 1.06. The zero-order valence-corrected chi connectivity index (χ0v) is 17.0. The Hall–Kier alpha value is -1.79. The van der Waals surface area contributed by atoms with Gasteiger partial charge in [0, 0.05) is 37.3 Å². The molecule has 1 heterocycles. The van der Waals surface area contributed by atoms with Gasteiger partial charge in [-0.15, -0.1) is 0 Å². The molecule has 0 aliphatic carbocycles. The van der Waals surface area contributed by atoms with Gasteiger partial charge in [0.1, 0.15) is 5.75 Å². The molecule has 0 aromatic heterocycles. The first kappa shape index (κ1) is 21.5. The third-order valence-electron chi connectivity index (χ3n) is 4.75. The van der Waals surface area contributed by atoms with Crippen molar-refractivity contribution in [3.63, 3.8) is 0 Å². The van der Waals surface area contributed by atoms with Crippen molar-refractivity contribution in [3.8, 4) is 5.75 Å². The molecule has 27 heavy (non-hydrogen) atoms. The van der Waals surface area contributed by atoms with Gasteiger partial charge in [0.25, 0.3) is 0 Å². The fourth-order valence-corrected chi connectivity index (χ4v) is 3.12. The molecular formula is C21H35N3O3. The fraction of sp³-hybridized carbons (Fsp3) is 0.667. The van der Waals surface area contributed by atoms with Crippen LogP contribution >= 0.6 is 0 Å². The maximum atomic E-state index is 9.39. The number of aliphatic imine (C=N–C) groups is 1. The van der Waals surface area contributed by atoms with Crippen LogP contribution in [0.1, 0.15) is 39.2 Å². The maximum absolute atomic E-state index is 9.39. The first-order chi connectivity index (χ1) is 13.1. The number of hydrogen-bond donors (Lipinski definition) is 3. The minimum absolute atomic E-state index is 0.0107. The second-order valence-electron chi connectivity index (χ2n) is 7.64. The molecule has 1 saturated heterocycles. The molecule has 0 bridgehead atoms. The molecule has 0 radical (unpaired) electrons. The standard InChI is InChI=1S/C21H35N3O3/c1-4-22-20(24-15-21(9-11-25)10-12-26-16-21)23-13-18-7-5-6-8-19(18)27-14-17(2)3/h5-8,17,25H,4,9-16H2,1-3H3,(H2,22,23,24). The summed E-state index contributed by atoms with van der Waals surface area (Å²) in [6, 6.07) is 8.06. The minimum atomic E-state index is -0.0107. The molecule has 1 atom stereocenters. The van der Waals surface area contributed by atoms with Crippen molar-refractivity contribution >= 4 is 5.96 Å². The lowest BCUT2D eigenvalue weighted by Crippen LogP contribution is -2.44. The van der Waals surface area contributed by atoms with Crippen LogP contribution in [-0.4, -0.2) is 50.6 Å². The molecule has 152 valence electrons. The van der Waals surface area contributed by atoms with Crippen molar-refractivity contribution in [1.29, 1.82) is 0 Å².